The average Bonchev–Trinajstić information content (AvgIpc) is 2.55. The molecule has 0 bridgehead atoms. The quantitative estimate of drug-likeness (QED) is 0.909. The second kappa shape index (κ2) is 5.98. The molecule has 7 nitrogen and oxygen atoms in total. The van der Waals surface area contributed by atoms with Gasteiger partial charge < -0.3 is 10.1 Å². The molecule has 0 saturated heterocycles. The van der Waals surface area contributed by atoms with Crippen molar-refractivity contribution in [3.05, 3.63) is 48.3 Å². The van der Waals surface area contributed by atoms with Crippen molar-refractivity contribution in [3.8, 4) is 5.75 Å². The topological polar surface area (TPSA) is 88.6 Å². The number of nitrogens with zero attached hydrogens (tertiary/aromatic N) is 2. The Bertz CT molecular complexity index is 837. The van der Waals surface area contributed by atoms with Gasteiger partial charge in [0.1, 0.15) is 5.75 Å². The highest BCUT2D eigenvalue weighted by Gasteiger charge is 2.24. The molecule has 2 aromatic rings. The van der Waals surface area contributed by atoms with Crippen LogP contribution in [0.3, 0.4) is 0 Å². The zero-order valence-corrected chi connectivity index (χ0v) is 13.2. The Balaban J connectivity index is 1.87. The van der Waals surface area contributed by atoms with E-state index in [2.05, 4.69) is 10.3 Å². The fourth-order valence-electron chi connectivity index (χ4n) is 2.23. The summed E-state index contributed by atoms with van der Waals surface area (Å²) >= 11 is 0. The molecule has 2 heterocycles. The number of hydrogen-bond acceptors (Lipinski definition) is 5. The Morgan fingerprint density at radius 1 is 1.26 bits per heavy atom. The summed E-state index contributed by atoms with van der Waals surface area (Å²) in [5.74, 6) is 0.150. The van der Waals surface area contributed by atoms with Crippen LogP contribution >= 0.6 is 0 Å². The summed E-state index contributed by atoms with van der Waals surface area (Å²) in [6.07, 6.45) is 3.23. The highest BCUT2D eigenvalue weighted by molar-refractivity contribution is 7.89. The van der Waals surface area contributed by atoms with Gasteiger partial charge in [0.2, 0.25) is 10.0 Å². The molecule has 0 fully saturated rings. The maximum absolute atomic E-state index is 12.7. The van der Waals surface area contributed by atoms with E-state index in [1.54, 1.807) is 30.6 Å². The van der Waals surface area contributed by atoms with Gasteiger partial charge in [-0.15, -0.1) is 0 Å². The number of ether oxygens (including phenoxy) is 1. The van der Waals surface area contributed by atoms with Crippen LogP contribution in [-0.2, 0) is 21.4 Å². The van der Waals surface area contributed by atoms with Crippen molar-refractivity contribution in [2.24, 2.45) is 0 Å². The van der Waals surface area contributed by atoms with Gasteiger partial charge in [-0.2, -0.15) is 4.31 Å². The minimum absolute atomic E-state index is 0.0684. The first kappa shape index (κ1) is 15.4. The molecular weight excluding hydrogens is 318 g/mol. The molecule has 23 heavy (non-hydrogen) atoms. The number of anilines is 1. The molecule has 0 radical (unpaired) electrons. The Kier molecular flexibility index (Phi) is 4.01. The van der Waals surface area contributed by atoms with Crippen molar-refractivity contribution < 1.29 is 17.9 Å². The third kappa shape index (κ3) is 3.17. The van der Waals surface area contributed by atoms with Crippen LogP contribution in [0.4, 0.5) is 5.69 Å². The van der Waals surface area contributed by atoms with Crippen LogP contribution in [0.1, 0.15) is 5.56 Å². The van der Waals surface area contributed by atoms with Gasteiger partial charge >= 0.3 is 0 Å². The summed E-state index contributed by atoms with van der Waals surface area (Å²) in [5, 5.41) is 2.61. The van der Waals surface area contributed by atoms with Gasteiger partial charge in [-0.1, -0.05) is 0 Å². The molecule has 0 spiro atoms. The van der Waals surface area contributed by atoms with Crippen LogP contribution in [0.15, 0.2) is 47.6 Å². The molecule has 8 heteroatoms. The standard InChI is InChI=1S/C15H15N3O4S/c1-18(9-11-4-6-16-7-5-11)23(20,21)12-2-3-14-13(8-12)17-15(19)10-22-14/h2-8H,9-10H2,1H3,(H,17,19). The molecular formula is C15H15N3O4S. The highest BCUT2D eigenvalue weighted by atomic mass is 32.2. The number of benzene rings is 1. The van der Waals surface area contributed by atoms with Gasteiger partial charge in [-0.05, 0) is 35.9 Å². The molecule has 0 atom stereocenters. The van der Waals surface area contributed by atoms with E-state index < -0.39 is 10.0 Å². The van der Waals surface area contributed by atoms with E-state index in [1.165, 1.54) is 23.5 Å². The molecule has 3 rings (SSSR count). The van der Waals surface area contributed by atoms with Crippen LogP contribution in [0.5, 0.6) is 5.75 Å². The summed E-state index contributed by atoms with van der Waals surface area (Å²) in [5.41, 5.74) is 1.19. The number of rotatable bonds is 4. The van der Waals surface area contributed by atoms with Gasteiger partial charge in [0, 0.05) is 26.0 Å². The largest absolute Gasteiger partial charge is 0.482 e. The second-order valence-electron chi connectivity index (χ2n) is 5.11. The van der Waals surface area contributed by atoms with Crippen molar-refractivity contribution >= 4 is 21.6 Å². The molecule has 0 unspecified atom stereocenters. The summed E-state index contributed by atoms with van der Waals surface area (Å²) in [4.78, 5) is 15.4. The zero-order chi connectivity index (χ0) is 16.4. The minimum Gasteiger partial charge on any atom is -0.482 e. The van der Waals surface area contributed by atoms with E-state index >= 15 is 0 Å². The van der Waals surface area contributed by atoms with Gasteiger partial charge in [-0.3, -0.25) is 9.78 Å². The number of amides is 1. The Hall–Kier alpha value is -2.45. The molecule has 0 aliphatic carbocycles. The third-order valence-corrected chi connectivity index (χ3v) is 5.25. The number of nitrogens with one attached hydrogen (secondary N) is 1. The summed E-state index contributed by atoms with van der Waals surface area (Å²) in [7, 11) is -2.18. The minimum atomic E-state index is -3.68. The summed E-state index contributed by atoms with van der Waals surface area (Å²) in [6.45, 7) is 0.159. The smallest absolute Gasteiger partial charge is 0.262 e. The summed E-state index contributed by atoms with van der Waals surface area (Å²) in [6, 6.07) is 7.93. The Morgan fingerprint density at radius 2 is 2.00 bits per heavy atom. The lowest BCUT2D eigenvalue weighted by Crippen LogP contribution is -2.28. The van der Waals surface area contributed by atoms with Gasteiger partial charge in [0.05, 0.1) is 10.6 Å². The van der Waals surface area contributed by atoms with Crippen molar-refractivity contribution in [1.29, 1.82) is 0 Å². The highest BCUT2D eigenvalue weighted by Crippen LogP contribution is 2.31. The lowest BCUT2D eigenvalue weighted by atomic mass is 10.2. The van der Waals surface area contributed by atoms with Crippen molar-refractivity contribution in [2.75, 3.05) is 19.0 Å². The lowest BCUT2D eigenvalue weighted by molar-refractivity contribution is -0.118. The fraction of sp³-hybridized carbons (Fsp3) is 0.200. The number of fused-ring (bicyclic) bond motifs is 1. The number of carbonyl (C=O) groups is 1. The lowest BCUT2D eigenvalue weighted by Gasteiger charge is -2.21. The Labute approximate surface area is 134 Å². The van der Waals surface area contributed by atoms with E-state index in [1.807, 2.05) is 0 Å². The number of carbonyl (C=O) groups excluding carboxylic acids is 1. The van der Waals surface area contributed by atoms with Crippen molar-refractivity contribution in [3.63, 3.8) is 0 Å². The number of pyridine rings is 1. The Morgan fingerprint density at radius 3 is 2.74 bits per heavy atom. The monoisotopic (exact) mass is 333 g/mol. The number of sulfonamides is 1. The van der Waals surface area contributed by atoms with Crippen molar-refractivity contribution in [1.82, 2.24) is 9.29 Å². The second-order valence-corrected chi connectivity index (χ2v) is 7.16. The number of aromatic nitrogens is 1. The van der Waals surface area contributed by atoms with E-state index in [4.69, 9.17) is 4.74 Å². The van der Waals surface area contributed by atoms with Gasteiger partial charge in [0.25, 0.3) is 5.91 Å². The van der Waals surface area contributed by atoms with Crippen LogP contribution in [0.2, 0.25) is 0 Å². The molecule has 0 saturated carbocycles. The van der Waals surface area contributed by atoms with Crippen LogP contribution in [-0.4, -0.2) is 37.3 Å². The first-order valence-electron chi connectivity index (χ1n) is 6.89. The third-order valence-electron chi connectivity index (χ3n) is 3.45. The fourth-order valence-corrected chi connectivity index (χ4v) is 3.42. The van der Waals surface area contributed by atoms with E-state index in [9.17, 15) is 13.2 Å². The molecule has 1 aromatic carbocycles. The predicted molar refractivity (Wildman–Crippen MR) is 83.5 cm³/mol. The first-order chi connectivity index (χ1) is 11.0. The maximum Gasteiger partial charge on any atom is 0.262 e. The first-order valence-corrected chi connectivity index (χ1v) is 8.33. The van der Waals surface area contributed by atoms with Gasteiger partial charge in [0.15, 0.2) is 6.61 Å². The van der Waals surface area contributed by atoms with Crippen LogP contribution < -0.4 is 10.1 Å². The normalized spacial score (nSPS) is 14.1. The maximum atomic E-state index is 12.7. The van der Waals surface area contributed by atoms with E-state index in [0.29, 0.717) is 11.4 Å². The van der Waals surface area contributed by atoms with Crippen LogP contribution in [0, 0.1) is 0 Å². The summed E-state index contributed by atoms with van der Waals surface area (Å²) < 4.78 is 31.8. The zero-order valence-electron chi connectivity index (χ0n) is 12.4. The molecule has 120 valence electrons. The SMILES string of the molecule is CN(Cc1ccncc1)S(=O)(=O)c1ccc2c(c1)NC(=O)CO2. The van der Waals surface area contributed by atoms with E-state index in [-0.39, 0.29) is 24.0 Å². The molecule has 1 N–H and O–H groups in total. The number of hydrogen-bond donors (Lipinski definition) is 1. The van der Waals surface area contributed by atoms with Crippen molar-refractivity contribution in [2.45, 2.75) is 11.4 Å². The molecule has 1 aliphatic heterocycles. The molecule has 1 amide bonds. The molecule has 1 aromatic heterocycles. The van der Waals surface area contributed by atoms with E-state index in [0.717, 1.165) is 5.56 Å². The molecule has 1 aliphatic rings. The average molecular weight is 333 g/mol. The van der Waals surface area contributed by atoms with Gasteiger partial charge in [-0.25, -0.2) is 8.42 Å². The predicted octanol–water partition coefficient (Wildman–Crippen LogP) is 1.23. The van der Waals surface area contributed by atoms with Crippen LogP contribution in [0.25, 0.3) is 0 Å².